The molecule has 5 heterocycles. The SMILES string of the molecule is O=C(/C=C/c1cnc2c(c1)CC1(CCN(CCCO)CC1)C(=O)N2)N1CC=C(Cc2cccs2)CC1. The van der Waals surface area contributed by atoms with Crippen molar-refractivity contribution < 1.29 is 14.7 Å². The molecular weight excluding hydrogens is 472 g/mol. The number of aliphatic hydroxyl groups is 1. The van der Waals surface area contributed by atoms with E-state index in [-0.39, 0.29) is 18.4 Å². The first-order valence-electron chi connectivity index (χ1n) is 12.9. The molecule has 1 saturated heterocycles. The summed E-state index contributed by atoms with van der Waals surface area (Å²) in [5, 5.41) is 14.2. The van der Waals surface area contributed by atoms with Crippen LogP contribution in [0, 0.1) is 5.41 Å². The number of nitrogens with zero attached hydrogens (tertiary/aromatic N) is 3. The predicted molar refractivity (Wildman–Crippen MR) is 143 cm³/mol. The summed E-state index contributed by atoms with van der Waals surface area (Å²) in [4.78, 5) is 35.8. The Morgan fingerprint density at radius 3 is 2.86 bits per heavy atom. The number of hydrogen-bond acceptors (Lipinski definition) is 6. The molecule has 36 heavy (non-hydrogen) atoms. The Kier molecular flexibility index (Phi) is 7.65. The number of fused-ring (bicyclic) bond motifs is 1. The van der Waals surface area contributed by atoms with Gasteiger partial charge in [0.25, 0.3) is 0 Å². The van der Waals surface area contributed by atoms with Crippen LogP contribution in [-0.2, 0) is 22.4 Å². The molecule has 1 spiro atoms. The average Bonchev–Trinajstić information content (AvgIpc) is 3.41. The van der Waals surface area contributed by atoms with Gasteiger partial charge in [0.05, 0.1) is 5.41 Å². The first-order valence-corrected chi connectivity index (χ1v) is 13.7. The monoisotopic (exact) mass is 506 g/mol. The molecule has 8 heteroatoms. The molecule has 2 amide bonds. The molecule has 0 aromatic carbocycles. The number of rotatable bonds is 7. The number of likely N-dealkylation sites (tertiary alicyclic amines) is 1. The first-order chi connectivity index (χ1) is 17.5. The van der Waals surface area contributed by atoms with Crippen LogP contribution >= 0.6 is 11.3 Å². The van der Waals surface area contributed by atoms with E-state index in [4.69, 9.17) is 5.11 Å². The smallest absolute Gasteiger partial charge is 0.246 e. The number of piperidine rings is 1. The van der Waals surface area contributed by atoms with Crippen LogP contribution in [0.1, 0.15) is 41.7 Å². The van der Waals surface area contributed by atoms with E-state index in [1.54, 1.807) is 23.6 Å². The number of hydrogen-bond donors (Lipinski definition) is 2. The van der Waals surface area contributed by atoms with E-state index in [1.807, 2.05) is 11.0 Å². The van der Waals surface area contributed by atoms with E-state index in [1.165, 1.54) is 10.5 Å². The lowest BCUT2D eigenvalue weighted by atomic mass is 9.71. The van der Waals surface area contributed by atoms with Gasteiger partial charge in [-0.3, -0.25) is 9.59 Å². The molecule has 5 rings (SSSR count). The number of pyridine rings is 1. The second kappa shape index (κ2) is 11.1. The quantitative estimate of drug-likeness (QED) is 0.443. The van der Waals surface area contributed by atoms with Crippen molar-refractivity contribution in [1.82, 2.24) is 14.8 Å². The van der Waals surface area contributed by atoms with Gasteiger partial charge in [0, 0.05) is 49.8 Å². The summed E-state index contributed by atoms with van der Waals surface area (Å²) < 4.78 is 0. The molecule has 2 aromatic heterocycles. The minimum absolute atomic E-state index is 0.0131. The number of aromatic nitrogens is 1. The number of amides is 2. The maximum atomic E-state index is 13.0. The van der Waals surface area contributed by atoms with Crippen LogP contribution < -0.4 is 5.32 Å². The first kappa shape index (κ1) is 24.9. The number of thiophene rings is 1. The molecule has 0 radical (unpaired) electrons. The van der Waals surface area contributed by atoms with Gasteiger partial charge in [-0.25, -0.2) is 4.98 Å². The van der Waals surface area contributed by atoms with Crippen LogP contribution in [0.5, 0.6) is 0 Å². The Labute approximate surface area is 216 Å². The number of carbonyl (C=O) groups excluding carboxylic acids is 2. The molecule has 0 saturated carbocycles. The summed E-state index contributed by atoms with van der Waals surface area (Å²) in [7, 11) is 0. The van der Waals surface area contributed by atoms with E-state index in [2.05, 4.69) is 44.9 Å². The molecule has 3 aliphatic heterocycles. The Morgan fingerprint density at radius 2 is 2.14 bits per heavy atom. The molecule has 1 fully saturated rings. The second-order valence-corrected chi connectivity index (χ2v) is 11.1. The largest absolute Gasteiger partial charge is 0.396 e. The summed E-state index contributed by atoms with van der Waals surface area (Å²) in [6.45, 7) is 4.19. The Morgan fingerprint density at radius 1 is 1.28 bits per heavy atom. The van der Waals surface area contributed by atoms with Gasteiger partial charge in [-0.2, -0.15) is 0 Å². The minimum Gasteiger partial charge on any atom is -0.396 e. The topological polar surface area (TPSA) is 85.8 Å². The Bertz CT molecular complexity index is 1150. The number of nitrogens with one attached hydrogen (secondary N) is 1. The molecule has 2 aromatic rings. The van der Waals surface area contributed by atoms with Crippen molar-refractivity contribution in [1.29, 1.82) is 0 Å². The number of anilines is 1. The zero-order valence-corrected chi connectivity index (χ0v) is 21.4. The Balaban J connectivity index is 1.19. The van der Waals surface area contributed by atoms with Crippen molar-refractivity contribution in [2.24, 2.45) is 5.41 Å². The highest BCUT2D eigenvalue weighted by Gasteiger charge is 2.44. The summed E-state index contributed by atoms with van der Waals surface area (Å²) in [5.41, 5.74) is 2.91. The maximum absolute atomic E-state index is 13.0. The molecule has 2 N–H and O–H groups in total. The molecule has 0 unspecified atom stereocenters. The summed E-state index contributed by atoms with van der Waals surface area (Å²) in [6.07, 6.45) is 12.3. The fourth-order valence-corrected chi connectivity index (χ4v) is 6.19. The van der Waals surface area contributed by atoms with E-state index >= 15 is 0 Å². The highest BCUT2D eigenvalue weighted by Crippen LogP contribution is 2.41. The molecular formula is C28H34N4O3S. The van der Waals surface area contributed by atoms with Crippen molar-refractivity contribution in [3.8, 4) is 0 Å². The summed E-state index contributed by atoms with van der Waals surface area (Å²) in [5.74, 6) is 0.717. The highest BCUT2D eigenvalue weighted by molar-refractivity contribution is 7.09. The van der Waals surface area contributed by atoms with E-state index in [0.29, 0.717) is 18.8 Å². The van der Waals surface area contributed by atoms with Crippen LogP contribution in [0.2, 0.25) is 0 Å². The van der Waals surface area contributed by atoms with Gasteiger partial charge in [0.2, 0.25) is 11.8 Å². The lowest BCUT2D eigenvalue weighted by Gasteiger charge is -2.43. The van der Waals surface area contributed by atoms with E-state index in [0.717, 1.165) is 69.4 Å². The van der Waals surface area contributed by atoms with E-state index in [9.17, 15) is 9.59 Å². The van der Waals surface area contributed by atoms with Crippen molar-refractivity contribution in [2.75, 3.05) is 44.6 Å². The fourth-order valence-electron chi connectivity index (χ4n) is 5.44. The van der Waals surface area contributed by atoms with Gasteiger partial charge in [0.1, 0.15) is 5.82 Å². The van der Waals surface area contributed by atoms with Crippen molar-refractivity contribution in [2.45, 2.75) is 38.5 Å². The highest BCUT2D eigenvalue weighted by atomic mass is 32.1. The van der Waals surface area contributed by atoms with Crippen LogP contribution in [0.15, 0.2) is 47.5 Å². The molecule has 7 nitrogen and oxygen atoms in total. The minimum atomic E-state index is -0.399. The number of aliphatic hydroxyl groups excluding tert-OH is 1. The van der Waals surface area contributed by atoms with Crippen molar-refractivity contribution in [3.63, 3.8) is 0 Å². The third-order valence-electron chi connectivity index (χ3n) is 7.69. The van der Waals surface area contributed by atoms with Gasteiger partial charge < -0.3 is 20.2 Å². The van der Waals surface area contributed by atoms with Gasteiger partial charge in [0.15, 0.2) is 0 Å². The third kappa shape index (κ3) is 5.61. The van der Waals surface area contributed by atoms with Crippen LogP contribution in [0.4, 0.5) is 5.82 Å². The fraction of sp³-hybridized carbons (Fsp3) is 0.464. The molecule has 3 aliphatic rings. The van der Waals surface area contributed by atoms with Gasteiger partial charge in [-0.15, -0.1) is 11.3 Å². The zero-order chi connectivity index (χ0) is 25.0. The van der Waals surface area contributed by atoms with Crippen molar-refractivity contribution >= 4 is 35.0 Å². The van der Waals surface area contributed by atoms with Crippen LogP contribution in [-0.4, -0.2) is 71.0 Å². The lowest BCUT2D eigenvalue weighted by Crippen LogP contribution is -2.50. The standard InChI is InChI=1S/C28H34N4O3S/c33-15-2-10-31-13-8-28(9-14-31)19-23-17-22(20-29-26(23)30-27(28)35)4-5-25(34)32-11-6-21(7-12-32)18-24-3-1-16-36-24/h1,3-6,16-17,20,33H,2,7-15,18-19H2,(H,29,30,35)/b5-4+. The van der Waals surface area contributed by atoms with E-state index < -0.39 is 5.41 Å². The predicted octanol–water partition coefficient (Wildman–Crippen LogP) is 3.52. The van der Waals surface area contributed by atoms with Gasteiger partial charge >= 0.3 is 0 Å². The second-order valence-electron chi connectivity index (χ2n) is 10.1. The summed E-state index contributed by atoms with van der Waals surface area (Å²) in [6, 6.07) is 6.30. The van der Waals surface area contributed by atoms with Gasteiger partial charge in [-0.05, 0) is 79.9 Å². The van der Waals surface area contributed by atoms with Gasteiger partial charge in [-0.1, -0.05) is 17.7 Å². The zero-order valence-electron chi connectivity index (χ0n) is 20.6. The Hall–Kier alpha value is -2.81. The number of carbonyl (C=O) groups is 2. The summed E-state index contributed by atoms with van der Waals surface area (Å²) >= 11 is 1.78. The molecule has 0 aliphatic carbocycles. The molecule has 190 valence electrons. The third-order valence-corrected chi connectivity index (χ3v) is 8.57. The van der Waals surface area contributed by atoms with Crippen LogP contribution in [0.3, 0.4) is 0 Å². The maximum Gasteiger partial charge on any atom is 0.246 e. The normalized spacial score (nSPS) is 19.9. The lowest BCUT2D eigenvalue weighted by molar-refractivity contribution is -0.129. The molecule has 0 atom stereocenters. The van der Waals surface area contributed by atoms with Crippen molar-refractivity contribution in [3.05, 3.63) is 63.5 Å². The average molecular weight is 507 g/mol. The van der Waals surface area contributed by atoms with Crippen LogP contribution in [0.25, 0.3) is 6.08 Å². The molecule has 0 bridgehead atoms.